The number of hydrogen-bond donors (Lipinski definition) is 1. The summed E-state index contributed by atoms with van der Waals surface area (Å²) in [4.78, 5) is 16.6. The van der Waals surface area contributed by atoms with Crippen LogP contribution < -0.4 is 5.32 Å². The van der Waals surface area contributed by atoms with E-state index in [1.54, 1.807) is 6.92 Å². The van der Waals surface area contributed by atoms with Crippen LogP contribution in [0.1, 0.15) is 48.5 Å². The van der Waals surface area contributed by atoms with Gasteiger partial charge in [-0.3, -0.25) is 4.79 Å². The SMILES string of the molecule is Cc1nc(C2(NC(=O)/C=C/c3ccc(Cl)c(C(F)(F)F)c3)CCCC2)no1. The van der Waals surface area contributed by atoms with Gasteiger partial charge in [0.15, 0.2) is 5.82 Å². The normalized spacial score (nSPS) is 16.8. The third-order valence-electron chi connectivity index (χ3n) is 4.50. The molecule has 5 nitrogen and oxygen atoms in total. The van der Waals surface area contributed by atoms with E-state index in [4.69, 9.17) is 16.1 Å². The molecule has 1 N–H and O–H groups in total. The number of hydrogen-bond acceptors (Lipinski definition) is 4. The van der Waals surface area contributed by atoms with Crippen LogP contribution in [0.5, 0.6) is 0 Å². The maximum Gasteiger partial charge on any atom is 0.417 e. The number of rotatable bonds is 4. The molecule has 1 aromatic heterocycles. The second-order valence-corrected chi connectivity index (χ2v) is 6.89. The van der Waals surface area contributed by atoms with Gasteiger partial charge in [-0.15, -0.1) is 0 Å². The molecule has 144 valence electrons. The number of aryl methyl sites for hydroxylation is 1. The molecule has 1 aromatic carbocycles. The summed E-state index contributed by atoms with van der Waals surface area (Å²) in [6.45, 7) is 1.67. The maximum absolute atomic E-state index is 12.9. The first-order valence-corrected chi connectivity index (χ1v) is 8.75. The topological polar surface area (TPSA) is 68.0 Å². The molecule has 0 unspecified atom stereocenters. The molecule has 1 heterocycles. The van der Waals surface area contributed by atoms with Gasteiger partial charge >= 0.3 is 6.18 Å². The van der Waals surface area contributed by atoms with Crippen molar-refractivity contribution in [3.8, 4) is 0 Å². The molecule has 0 saturated heterocycles. The molecule has 0 radical (unpaired) electrons. The highest BCUT2D eigenvalue weighted by atomic mass is 35.5. The van der Waals surface area contributed by atoms with E-state index in [2.05, 4.69) is 15.5 Å². The van der Waals surface area contributed by atoms with Crippen molar-refractivity contribution >= 4 is 23.6 Å². The van der Waals surface area contributed by atoms with Gasteiger partial charge in [0, 0.05) is 13.0 Å². The van der Waals surface area contributed by atoms with Crippen LogP contribution >= 0.6 is 11.6 Å². The Kier molecular flexibility index (Phi) is 5.28. The Morgan fingerprint density at radius 1 is 1.33 bits per heavy atom. The highest BCUT2D eigenvalue weighted by molar-refractivity contribution is 6.31. The van der Waals surface area contributed by atoms with Gasteiger partial charge in [0.2, 0.25) is 11.8 Å². The second kappa shape index (κ2) is 7.34. The number of halogens is 4. The van der Waals surface area contributed by atoms with E-state index < -0.39 is 23.2 Å². The summed E-state index contributed by atoms with van der Waals surface area (Å²) in [5.74, 6) is 0.384. The lowest BCUT2D eigenvalue weighted by molar-refractivity contribution is -0.137. The van der Waals surface area contributed by atoms with Crippen molar-refractivity contribution in [1.29, 1.82) is 0 Å². The number of nitrogens with zero attached hydrogens (tertiary/aromatic N) is 2. The standard InChI is InChI=1S/C18H17ClF3N3O2/c1-11-23-16(25-27-11)17(8-2-3-9-17)24-15(26)7-5-12-4-6-14(19)13(10-12)18(20,21)22/h4-7,10H,2-3,8-9H2,1H3,(H,24,26)/b7-5+. The van der Waals surface area contributed by atoms with Crippen molar-refractivity contribution in [3.63, 3.8) is 0 Å². The summed E-state index contributed by atoms with van der Waals surface area (Å²) in [5, 5.41) is 6.43. The third kappa shape index (κ3) is 4.32. The summed E-state index contributed by atoms with van der Waals surface area (Å²) in [5.41, 5.74) is -1.44. The van der Waals surface area contributed by atoms with Crippen molar-refractivity contribution in [1.82, 2.24) is 15.5 Å². The molecule has 0 aliphatic heterocycles. The second-order valence-electron chi connectivity index (χ2n) is 6.49. The van der Waals surface area contributed by atoms with Gasteiger partial charge in [0.05, 0.1) is 10.6 Å². The predicted octanol–water partition coefficient (Wildman–Crippen LogP) is 4.65. The lowest BCUT2D eigenvalue weighted by Gasteiger charge is -2.25. The molecule has 1 saturated carbocycles. The van der Waals surface area contributed by atoms with Gasteiger partial charge in [0.25, 0.3) is 0 Å². The van der Waals surface area contributed by atoms with Crippen LogP contribution in [0.15, 0.2) is 28.8 Å². The number of nitrogens with one attached hydrogen (secondary N) is 1. The monoisotopic (exact) mass is 399 g/mol. The van der Waals surface area contributed by atoms with Crippen LogP contribution in [0.4, 0.5) is 13.2 Å². The minimum absolute atomic E-state index is 0.220. The van der Waals surface area contributed by atoms with Gasteiger partial charge in [-0.05, 0) is 36.6 Å². The lowest BCUT2D eigenvalue weighted by atomic mass is 9.96. The van der Waals surface area contributed by atoms with Crippen molar-refractivity contribution in [2.45, 2.75) is 44.3 Å². The van der Waals surface area contributed by atoms with Crippen LogP contribution in [0, 0.1) is 6.92 Å². The lowest BCUT2D eigenvalue weighted by Crippen LogP contribution is -2.44. The molecule has 1 amide bonds. The van der Waals surface area contributed by atoms with Gasteiger partial charge in [-0.2, -0.15) is 18.2 Å². The highest BCUT2D eigenvalue weighted by Gasteiger charge is 2.40. The van der Waals surface area contributed by atoms with E-state index in [1.165, 1.54) is 18.2 Å². The molecule has 9 heteroatoms. The van der Waals surface area contributed by atoms with E-state index in [0.717, 1.165) is 25.0 Å². The molecule has 27 heavy (non-hydrogen) atoms. The first kappa shape index (κ1) is 19.4. The summed E-state index contributed by atoms with van der Waals surface area (Å²) < 4.78 is 43.8. The Morgan fingerprint density at radius 2 is 2.04 bits per heavy atom. The number of benzene rings is 1. The quantitative estimate of drug-likeness (QED) is 0.760. The van der Waals surface area contributed by atoms with E-state index in [-0.39, 0.29) is 10.6 Å². The minimum atomic E-state index is -4.56. The Labute approximate surface area is 158 Å². The van der Waals surface area contributed by atoms with Gasteiger partial charge in [-0.25, -0.2) is 0 Å². The Hall–Kier alpha value is -2.35. The maximum atomic E-state index is 12.9. The molecule has 0 spiro atoms. The van der Waals surface area contributed by atoms with Crippen molar-refractivity contribution in [2.75, 3.05) is 0 Å². The number of carbonyl (C=O) groups excluding carboxylic acids is 1. The van der Waals surface area contributed by atoms with Gasteiger partial charge in [-0.1, -0.05) is 35.7 Å². The first-order valence-electron chi connectivity index (χ1n) is 8.37. The van der Waals surface area contributed by atoms with Crippen LogP contribution in [0.2, 0.25) is 5.02 Å². The number of carbonyl (C=O) groups is 1. The van der Waals surface area contributed by atoms with Gasteiger partial charge < -0.3 is 9.84 Å². The molecule has 3 rings (SSSR count). The average Bonchev–Trinajstić information content (AvgIpc) is 3.23. The summed E-state index contributed by atoms with van der Waals surface area (Å²) in [6.07, 6.45) is 1.10. The zero-order chi connectivity index (χ0) is 19.7. The molecule has 1 aliphatic carbocycles. The summed E-state index contributed by atoms with van der Waals surface area (Å²) in [6, 6.07) is 3.47. The van der Waals surface area contributed by atoms with E-state index in [1.807, 2.05) is 0 Å². The fourth-order valence-electron chi connectivity index (χ4n) is 3.19. The van der Waals surface area contributed by atoms with Crippen LogP contribution in [0.3, 0.4) is 0 Å². The van der Waals surface area contributed by atoms with Crippen LogP contribution in [0.25, 0.3) is 6.08 Å². The number of amides is 1. The summed E-state index contributed by atoms with van der Waals surface area (Å²) >= 11 is 5.60. The van der Waals surface area contributed by atoms with Crippen LogP contribution in [-0.4, -0.2) is 16.0 Å². The zero-order valence-electron chi connectivity index (χ0n) is 14.4. The predicted molar refractivity (Wildman–Crippen MR) is 92.8 cm³/mol. The average molecular weight is 400 g/mol. The Bertz CT molecular complexity index is 871. The zero-order valence-corrected chi connectivity index (χ0v) is 15.2. The fourth-order valence-corrected chi connectivity index (χ4v) is 3.41. The molecular formula is C18H17ClF3N3O2. The molecule has 1 fully saturated rings. The Balaban J connectivity index is 1.77. The molecule has 1 aliphatic rings. The van der Waals surface area contributed by atoms with Crippen LogP contribution in [-0.2, 0) is 16.5 Å². The smallest absolute Gasteiger partial charge is 0.340 e. The number of aromatic nitrogens is 2. The Morgan fingerprint density at radius 3 is 2.63 bits per heavy atom. The minimum Gasteiger partial charge on any atom is -0.340 e. The highest BCUT2D eigenvalue weighted by Crippen LogP contribution is 2.37. The van der Waals surface area contributed by atoms with E-state index in [0.29, 0.717) is 24.6 Å². The first-order chi connectivity index (χ1) is 12.7. The van der Waals surface area contributed by atoms with E-state index in [9.17, 15) is 18.0 Å². The third-order valence-corrected chi connectivity index (χ3v) is 4.83. The fraction of sp³-hybridized carbons (Fsp3) is 0.389. The van der Waals surface area contributed by atoms with Gasteiger partial charge in [0.1, 0.15) is 5.54 Å². The summed E-state index contributed by atoms with van der Waals surface area (Å²) in [7, 11) is 0. The van der Waals surface area contributed by atoms with E-state index >= 15 is 0 Å². The molecule has 2 aromatic rings. The molecule has 0 atom stereocenters. The molecular weight excluding hydrogens is 383 g/mol. The molecule has 0 bridgehead atoms. The van der Waals surface area contributed by atoms with Crippen molar-refractivity contribution in [2.24, 2.45) is 0 Å². The number of alkyl halides is 3. The largest absolute Gasteiger partial charge is 0.417 e. The van der Waals surface area contributed by atoms with Crippen molar-refractivity contribution in [3.05, 3.63) is 52.1 Å². The van der Waals surface area contributed by atoms with Crippen molar-refractivity contribution < 1.29 is 22.5 Å².